The molecule has 1 aliphatic heterocycles. The molecule has 1 saturated carbocycles. The zero-order valence-electron chi connectivity index (χ0n) is 10.7. The van der Waals surface area contributed by atoms with E-state index >= 15 is 0 Å². The molecule has 2 heterocycles. The molecule has 0 amide bonds. The summed E-state index contributed by atoms with van der Waals surface area (Å²) in [6.45, 7) is 7.16. The van der Waals surface area contributed by atoms with E-state index in [1.54, 1.807) is 0 Å². The second kappa shape index (κ2) is 4.62. The van der Waals surface area contributed by atoms with Gasteiger partial charge < -0.3 is 14.2 Å². The number of nitrogens with zero attached hydrogens (tertiary/aromatic N) is 4. The summed E-state index contributed by atoms with van der Waals surface area (Å²) in [6.07, 6.45) is 2.29. The van der Waals surface area contributed by atoms with E-state index in [-0.39, 0.29) is 0 Å². The summed E-state index contributed by atoms with van der Waals surface area (Å²) in [5.74, 6) is 1.91. The Morgan fingerprint density at radius 1 is 1.33 bits per heavy atom. The first-order chi connectivity index (χ1) is 8.81. The Morgan fingerprint density at radius 2 is 2.06 bits per heavy atom. The minimum Gasteiger partial charge on any atom is -0.423 e. The van der Waals surface area contributed by atoms with Gasteiger partial charge >= 0.3 is 0 Å². The van der Waals surface area contributed by atoms with Gasteiger partial charge in [0.2, 0.25) is 17.5 Å². The molecule has 0 unspecified atom stereocenters. The third-order valence-electron chi connectivity index (χ3n) is 3.77. The molecule has 3 rings (SSSR count). The Hall–Kier alpha value is -1.54. The molecule has 0 spiro atoms. The Kier molecular flexibility index (Phi) is 2.96. The van der Waals surface area contributed by atoms with Gasteiger partial charge in [0.25, 0.3) is 0 Å². The third kappa shape index (κ3) is 2.08. The molecule has 5 heteroatoms. The van der Waals surface area contributed by atoms with Crippen molar-refractivity contribution in [1.29, 1.82) is 5.26 Å². The van der Waals surface area contributed by atoms with E-state index in [1.165, 1.54) is 0 Å². The molecule has 0 bridgehead atoms. The predicted molar refractivity (Wildman–Crippen MR) is 67.5 cm³/mol. The van der Waals surface area contributed by atoms with E-state index in [2.05, 4.69) is 27.8 Å². The van der Waals surface area contributed by atoms with Crippen LogP contribution < -0.4 is 4.90 Å². The summed E-state index contributed by atoms with van der Waals surface area (Å²) in [5, 5.41) is 9.15. The Labute approximate surface area is 107 Å². The van der Waals surface area contributed by atoms with E-state index < -0.39 is 0 Å². The summed E-state index contributed by atoms with van der Waals surface area (Å²) in [5.41, 5.74) is 0.460. The first-order valence-electron chi connectivity index (χ1n) is 6.70. The molecule has 1 aromatic heterocycles. The fourth-order valence-corrected chi connectivity index (χ4v) is 2.39. The van der Waals surface area contributed by atoms with E-state index in [4.69, 9.17) is 9.68 Å². The largest absolute Gasteiger partial charge is 0.423 e. The van der Waals surface area contributed by atoms with Crippen molar-refractivity contribution in [3.8, 4) is 6.07 Å². The lowest BCUT2D eigenvalue weighted by Crippen LogP contribution is -2.46. The average Bonchev–Trinajstić information content (AvgIpc) is 3.18. The topological polar surface area (TPSA) is 56.3 Å². The van der Waals surface area contributed by atoms with Crippen LogP contribution in [0.5, 0.6) is 0 Å². The number of rotatable bonds is 3. The molecule has 1 aliphatic carbocycles. The second-order valence-electron chi connectivity index (χ2n) is 5.01. The van der Waals surface area contributed by atoms with Crippen molar-refractivity contribution in [3.05, 3.63) is 11.6 Å². The van der Waals surface area contributed by atoms with E-state index in [1.807, 2.05) is 0 Å². The van der Waals surface area contributed by atoms with Crippen LogP contribution in [0.4, 0.5) is 5.88 Å². The maximum atomic E-state index is 9.15. The number of oxazole rings is 1. The van der Waals surface area contributed by atoms with Crippen LogP contribution in [-0.4, -0.2) is 42.6 Å². The normalized spacial score (nSPS) is 21.0. The van der Waals surface area contributed by atoms with E-state index in [9.17, 15) is 0 Å². The second-order valence-corrected chi connectivity index (χ2v) is 5.01. The van der Waals surface area contributed by atoms with Crippen molar-refractivity contribution in [2.45, 2.75) is 25.7 Å². The van der Waals surface area contributed by atoms with Gasteiger partial charge in [-0.25, -0.2) is 4.98 Å². The van der Waals surface area contributed by atoms with Crippen molar-refractivity contribution in [2.75, 3.05) is 37.6 Å². The van der Waals surface area contributed by atoms with E-state index in [0.29, 0.717) is 17.5 Å². The number of likely N-dealkylation sites (N-methyl/N-ethyl adjacent to an activating group) is 1. The summed E-state index contributed by atoms with van der Waals surface area (Å²) < 4.78 is 5.81. The van der Waals surface area contributed by atoms with Crippen molar-refractivity contribution < 1.29 is 4.42 Å². The van der Waals surface area contributed by atoms with Crippen molar-refractivity contribution in [2.24, 2.45) is 0 Å². The molecule has 2 aliphatic rings. The van der Waals surface area contributed by atoms with Gasteiger partial charge in [0.1, 0.15) is 6.07 Å². The first kappa shape index (κ1) is 11.5. The average molecular weight is 246 g/mol. The van der Waals surface area contributed by atoms with Crippen molar-refractivity contribution in [3.63, 3.8) is 0 Å². The number of aromatic nitrogens is 1. The van der Waals surface area contributed by atoms with Gasteiger partial charge in [0, 0.05) is 32.1 Å². The summed E-state index contributed by atoms with van der Waals surface area (Å²) in [4.78, 5) is 8.88. The van der Waals surface area contributed by atoms with Crippen molar-refractivity contribution >= 4 is 5.88 Å². The fraction of sp³-hybridized carbons (Fsp3) is 0.692. The lowest BCUT2D eigenvalue weighted by molar-refractivity contribution is 0.266. The number of piperazine rings is 1. The maximum absolute atomic E-state index is 9.15. The Balaban J connectivity index is 1.77. The molecule has 0 atom stereocenters. The fourth-order valence-electron chi connectivity index (χ4n) is 2.39. The van der Waals surface area contributed by atoms with Crippen LogP contribution in [0.3, 0.4) is 0 Å². The number of hydrogen-bond acceptors (Lipinski definition) is 5. The standard InChI is InChI=1S/C13H18N4O/c1-2-16-5-7-17(8-6-16)13-11(9-14)15-12(18-13)10-3-4-10/h10H,2-8H2,1H3. The van der Waals surface area contributed by atoms with Crippen LogP contribution in [0.1, 0.15) is 37.3 Å². The molecule has 1 saturated heterocycles. The molecule has 96 valence electrons. The van der Waals surface area contributed by atoms with Crippen LogP contribution >= 0.6 is 0 Å². The third-order valence-corrected chi connectivity index (χ3v) is 3.77. The maximum Gasteiger partial charge on any atom is 0.234 e. The van der Waals surface area contributed by atoms with Gasteiger partial charge in [0.05, 0.1) is 0 Å². The van der Waals surface area contributed by atoms with Gasteiger partial charge in [-0.05, 0) is 19.4 Å². The van der Waals surface area contributed by atoms with E-state index in [0.717, 1.165) is 51.5 Å². The summed E-state index contributed by atoms with van der Waals surface area (Å²) in [6, 6.07) is 2.16. The van der Waals surface area contributed by atoms with Crippen molar-refractivity contribution in [1.82, 2.24) is 9.88 Å². The Bertz CT molecular complexity index is 464. The van der Waals surface area contributed by atoms with Crippen LogP contribution in [0, 0.1) is 11.3 Å². The predicted octanol–water partition coefficient (Wildman–Crippen LogP) is 1.57. The highest BCUT2D eigenvalue weighted by Crippen LogP contribution is 2.41. The number of hydrogen-bond donors (Lipinski definition) is 0. The van der Waals surface area contributed by atoms with Gasteiger partial charge in [-0.1, -0.05) is 6.92 Å². The molecular formula is C13H18N4O. The monoisotopic (exact) mass is 246 g/mol. The van der Waals surface area contributed by atoms with Gasteiger partial charge in [-0.15, -0.1) is 0 Å². The lowest BCUT2D eigenvalue weighted by Gasteiger charge is -2.33. The first-order valence-corrected chi connectivity index (χ1v) is 6.70. The smallest absolute Gasteiger partial charge is 0.234 e. The van der Waals surface area contributed by atoms with Gasteiger partial charge in [0.15, 0.2) is 0 Å². The van der Waals surface area contributed by atoms with Crippen LogP contribution in [0.25, 0.3) is 0 Å². The SMILES string of the molecule is CCN1CCN(c2oc(C3CC3)nc2C#N)CC1. The molecule has 1 aromatic rings. The van der Waals surface area contributed by atoms with Gasteiger partial charge in [-0.2, -0.15) is 5.26 Å². The summed E-state index contributed by atoms with van der Waals surface area (Å²) >= 11 is 0. The highest BCUT2D eigenvalue weighted by atomic mass is 16.4. The quantitative estimate of drug-likeness (QED) is 0.810. The highest BCUT2D eigenvalue weighted by molar-refractivity contribution is 5.48. The lowest BCUT2D eigenvalue weighted by atomic mass is 10.3. The molecule has 0 radical (unpaired) electrons. The van der Waals surface area contributed by atoms with Crippen LogP contribution in [-0.2, 0) is 0 Å². The molecule has 0 aromatic carbocycles. The molecule has 0 N–H and O–H groups in total. The number of anilines is 1. The molecule has 5 nitrogen and oxygen atoms in total. The molecule has 18 heavy (non-hydrogen) atoms. The highest BCUT2D eigenvalue weighted by Gasteiger charge is 2.32. The van der Waals surface area contributed by atoms with Crippen LogP contribution in [0.2, 0.25) is 0 Å². The minimum absolute atomic E-state index is 0.460. The molecule has 2 fully saturated rings. The zero-order valence-corrected chi connectivity index (χ0v) is 10.7. The zero-order chi connectivity index (χ0) is 12.5. The molecular weight excluding hydrogens is 228 g/mol. The number of nitriles is 1. The summed E-state index contributed by atoms with van der Waals surface area (Å²) in [7, 11) is 0. The Morgan fingerprint density at radius 3 is 2.61 bits per heavy atom. The van der Waals surface area contributed by atoms with Crippen LogP contribution in [0.15, 0.2) is 4.42 Å². The van der Waals surface area contributed by atoms with Gasteiger partial charge in [-0.3, -0.25) is 0 Å². The minimum atomic E-state index is 0.460.